The van der Waals surface area contributed by atoms with E-state index in [9.17, 15) is 5.11 Å². The third-order valence-corrected chi connectivity index (χ3v) is 3.53. The first-order valence-corrected chi connectivity index (χ1v) is 6.60. The van der Waals surface area contributed by atoms with Crippen molar-refractivity contribution < 1.29 is 36.4 Å². The summed E-state index contributed by atoms with van der Waals surface area (Å²) < 4.78 is 22.5. The molecule has 24 heavy (non-hydrogen) atoms. The van der Waals surface area contributed by atoms with Crippen molar-refractivity contribution in [1.29, 1.82) is 0 Å². The Hall–Kier alpha value is -1.92. The van der Waals surface area contributed by atoms with Gasteiger partial charge in [0.15, 0.2) is 0 Å². The molecule has 3 rings (SSSR count). The van der Waals surface area contributed by atoms with Crippen molar-refractivity contribution in [3.05, 3.63) is 85.4 Å². The molecule has 0 aliphatic heterocycles. The van der Waals surface area contributed by atoms with E-state index in [0.717, 1.165) is 24.1 Å². The van der Waals surface area contributed by atoms with Gasteiger partial charge in [0.2, 0.25) is 0 Å². The minimum atomic E-state index is -0.731. The van der Waals surface area contributed by atoms with Gasteiger partial charge in [-0.05, 0) is 36.1 Å². The molecule has 5 nitrogen and oxygen atoms in total. The molecular formula is C18H15CrNO4. The molecule has 1 aliphatic rings. The second kappa shape index (κ2) is 13.5. The van der Waals surface area contributed by atoms with Crippen LogP contribution in [0.3, 0.4) is 0 Å². The van der Waals surface area contributed by atoms with Crippen LogP contribution in [0.5, 0.6) is 0 Å². The van der Waals surface area contributed by atoms with Crippen LogP contribution in [0.1, 0.15) is 23.2 Å². The standard InChI is InChI=1S/C15H15NO.3CO.Cr/c17-15(11-13-6-3-4-10-16-13)9-8-12-5-1-2-7-14(12)15;3*1-2;/h1-7,10,17H,8-9,11H2;;;;/t15-;;;;/m0..../s1. The average Bonchev–Trinajstić information content (AvgIpc) is 2.98. The molecule has 0 unspecified atom stereocenters. The Bertz CT molecular complexity index is 641. The van der Waals surface area contributed by atoms with E-state index < -0.39 is 5.60 Å². The number of pyridine rings is 1. The Morgan fingerprint density at radius 2 is 1.54 bits per heavy atom. The average molecular weight is 361 g/mol. The number of benzene rings is 1. The molecule has 1 atom stereocenters. The van der Waals surface area contributed by atoms with E-state index in [1.54, 1.807) is 6.20 Å². The van der Waals surface area contributed by atoms with E-state index in [1.165, 1.54) is 5.56 Å². The van der Waals surface area contributed by atoms with Crippen molar-refractivity contribution in [1.82, 2.24) is 4.98 Å². The fourth-order valence-corrected chi connectivity index (χ4v) is 2.65. The summed E-state index contributed by atoms with van der Waals surface area (Å²) in [6, 6.07) is 14.0. The monoisotopic (exact) mass is 361 g/mol. The van der Waals surface area contributed by atoms with Crippen molar-refractivity contribution in [2.45, 2.75) is 24.9 Å². The Labute approximate surface area is 152 Å². The summed E-state index contributed by atoms with van der Waals surface area (Å²) in [5, 5.41) is 10.8. The van der Waals surface area contributed by atoms with Crippen molar-refractivity contribution in [2.75, 3.05) is 0 Å². The number of nitrogens with zero attached hydrogens (tertiary/aromatic N) is 1. The number of hydrogen-bond acceptors (Lipinski definition) is 2. The minimum Gasteiger partial charge on any atom is 0 e. The molecule has 1 aliphatic carbocycles. The molecule has 6 heteroatoms. The van der Waals surface area contributed by atoms with Gasteiger partial charge in [0, 0.05) is 35.7 Å². The number of aryl methyl sites for hydroxylation is 1. The predicted molar refractivity (Wildman–Crippen MR) is 78.4 cm³/mol. The van der Waals surface area contributed by atoms with E-state index in [2.05, 4.69) is 31.0 Å². The first-order valence-electron chi connectivity index (χ1n) is 6.60. The van der Waals surface area contributed by atoms with Crippen LogP contribution in [-0.2, 0) is 49.8 Å². The molecule has 0 saturated heterocycles. The van der Waals surface area contributed by atoms with Gasteiger partial charge in [0.25, 0.3) is 0 Å². The zero-order chi connectivity index (χ0) is 17.7. The molecule has 0 saturated carbocycles. The second-order valence-corrected chi connectivity index (χ2v) is 4.69. The summed E-state index contributed by atoms with van der Waals surface area (Å²) >= 11 is 0. The van der Waals surface area contributed by atoms with E-state index in [0.29, 0.717) is 6.42 Å². The normalized spacial score (nSPS) is 16.1. The summed E-state index contributed by atoms with van der Waals surface area (Å²) in [6.07, 6.45) is 4.13. The molecule has 0 bridgehead atoms. The molecule has 122 valence electrons. The molecule has 0 fully saturated rings. The number of aromatic nitrogens is 1. The van der Waals surface area contributed by atoms with Gasteiger partial charge in [-0.25, -0.2) is 0 Å². The number of fused-ring (bicyclic) bond motifs is 1. The van der Waals surface area contributed by atoms with E-state index >= 15 is 0 Å². The molecule has 1 aromatic heterocycles. The van der Waals surface area contributed by atoms with Gasteiger partial charge in [-0.1, -0.05) is 30.3 Å². The molecule has 1 heterocycles. The molecular weight excluding hydrogens is 346 g/mol. The largest absolute Gasteiger partial charge is 0 e. The fraction of sp³-hybridized carbons (Fsp3) is 0.222. The molecule has 1 aromatic carbocycles. The summed E-state index contributed by atoms with van der Waals surface area (Å²) in [6.45, 7) is 13.5. The smallest absolute Gasteiger partial charge is 0 e. The van der Waals surface area contributed by atoms with Crippen LogP contribution in [0.25, 0.3) is 0 Å². The molecule has 0 radical (unpaired) electrons. The van der Waals surface area contributed by atoms with Crippen LogP contribution >= 0.6 is 0 Å². The number of hydrogen-bond donors (Lipinski definition) is 1. The zero-order valence-electron chi connectivity index (χ0n) is 12.8. The van der Waals surface area contributed by atoms with Gasteiger partial charge in [-0.15, -0.1) is 0 Å². The van der Waals surface area contributed by atoms with Crippen LogP contribution in [0, 0.1) is 20.0 Å². The third kappa shape index (κ3) is 6.30. The van der Waals surface area contributed by atoms with Gasteiger partial charge in [-0.3, -0.25) is 4.98 Å². The topological polar surface area (TPSA) is 92.8 Å². The van der Waals surface area contributed by atoms with Crippen molar-refractivity contribution in [2.24, 2.45) is 0 Å². The molecule has 2 aromatic rings. The van der Waals surface area contributed by atoms with E-state index in [4.69, 9.17) is 14.0 Å². The van der Waals surface area contributed by atoms with E-state index in [1.807, 2.05) is 36.4 Å². The summed E-state index contributed by atoms with van der Waals surface area (Å²) in [4.78, 5) is 4.30. The zero-order valence-corrected chi connectivity index (χ0v) is 14.0. The Morgan fingerprint density at radius 3 is 2.12 bits per heavy atom. The van der Waals surface area contributed by atoms with Gasteiger partial charge in [0.1, 0.15) is 0 Å². The van der Waals surface area contributed by atoms with Crippen LogP contribution in [0.15, 0.2) is 48.7 Å². The summed E-state index contributed by atoms with van der Waals surface area (Å²) in [7, 11) is 0. The van der Waals surface area contributed by atoms with Crippen molar-refractivity contribution >= 4 is 0 Å². The predicted octanol–water partition coefficient (Wildman–Crippen LogP) is 2.34. The Kier molecular flexibility index (Phi) is 13.7. The molecule has 0 spiro atoms. The minimum absolute atomic E-state index is 0. The SMILES string of the molecule is O[C@]1(Cc2ccccn2)CCc2ccccc21.[C-]#[O+].[C-]#[O+].[C-]#[O+].[Cr]. The van der Waals surface area contributed by atoms with Crippen LogP contribution in [0.2, 0.25) is 0 Å². The van der Waals surface area contributed by atoms with Crippen LogP contribution in [0.4, 0.5) is 0 Å². The summed E-state index contributed by atoms with van der Waals surface area (Å²) in [5.41, 5.74) is 2.56. The third-order valence-electron chi connectivity index (χ3n) is 3.53. The van der Waals surface area contributed by atoms with Gasteiger partial charge in [0.05, 0.1) is 5.60 Å². The number of aliphatic hydroxyl groups is 1. The maximum Gasteiger partial charge on any atom is 0 e. The second-order valence-electron chi connectivity index (χ2n) is 4.69. The number of rotatable bonds is 2. The van der Waals surface area contributed by atoms with Crippen LogP contribution in [-0.4, -0.2) is 10.1 Å². The molecule has 1 N–H and O–H groups in total. The van der Waals surface area contributed by atoms with Gasteiger partial charge in [-0.2, -0.15) is 0 Å². The van der Waals surface area contributed by atoms with Crippen LogP contribution < -0.4 is 0 Å². The fourth-order valence-electron chi connectivity index (χ4n) is 2.65. The van der Waals surface area contributed by atoms with E-state index in [-0.39, 0.29) is 17.4 Å². The quantitative estimate of drug-likeness (QED) is 0.657. The maximum atomic E-state index is 10.8. The van der Waals surface area contributed by atoms with Gasteiger partial charge < -0.3 is 5.11 Å². The first-order chi connectivity index (χ1) is 11.3. The Morgan fingerprint density at radius 1 is 0.958 bits per heavy atom. The van der Waals surface area contributed by atoms with Crippen molar-refractivity contribution in [3.8, 4) is 0 Å². The molecule has 0 amide bonds. The maximum absolute atomic E-state index is 10.8. The van der Waals surface area contributed by atoms with Gasteiger partial charge >= 0.3 is 33.9 Å². The van der Waals surface area contributed by atoms with Crippen molar-refractivity contribution in [3.63, 3.8) is 0 Å². The first kappa shape index (κ1) is 24.3. The Balaban J connectivity index is 0. The summed E-state index contributed by atoms with van der Waals surface area (Å²) in [5.74, 6) is 0.